The summed E-state index contributed by atoms with van der Waals surface area (Å²) in [7, 11) is 0. The number of para-hydroxylation sites is 1. The predicted octanol–water partition coefficient (Wildman–Crippen LogP) is 3.91. The Morgan fingerprint density at radius 3 is 2.86 bits per heavy atom. The molecule has 1 aromatic heterocycles. The molecule has 4 heteroatoms. The van der Waals surface area contributed by atoms with Crippen LogP contribution in [0.15, 0.2) is 28.7 Å². The van der Waals surface area contributed by atoms with Crippen molar-refractivity contribution in [3.63, 3.8) is 0 Å². The van der Waals surface area contributed by atoms with Crippen molar-refractivity contribution in [2.45, 2.75) is 26.3 Å². The molecule has 1 saturated heterocycles. The van der Waals surface area contributed by atoms with Crippen LogP contribution in [0.1, 0.15) is 25.3 Å². The maximum absolute atomic E-state index is 6.21. The standard InChI is InChI=1S/C17H23ClN2O/c1-13(12-20-8-4-5-9-20)10-19-11-15-14-6-2-3-7-16(14)21-17(15)18/h2-3,6-7,13,19H,4-5,8-12H2,1H3. The Bertz CT molecular complexity index is 589. The number of nitrogens with one attached hydrogen (secondary N) is 1. The lowest BCUT2D eigenvalue weighted by Crippen LogP contribution is -2.31. The third-order valence-electron chi connectivity index (χ3n) is 4.21. The van der Waals surface area contributed by atoms with Gasteiger partial charge in [0, 0.05) is 24.0 Å². The Morgan fingerprint density at radius 2 is 2.05 bits per heavy atom. The van der Waals surface area contributed by atoms with Crippen LogP contribution in [0.3, 0.4) is 0 Å². The van der Waals surface area contributed by atoms with E-state index in [1.807, 2.05) is 18.2 Å². The van der Waals surface area contributed by atoms with E-state index in [1.165, 1.54) is 32.5 Å². The zero-order valence-electron chi connectivity index (χ0n) is 12.6. The summed E-state index contributed by atoms with van der Waals surface area (Å²) in [4.78, 5) is 2.56. The van der Waals surface area contributed by atoms with E-state index in [1.54, 1.807) is 0 Å². The summed E-state index contributed by atoms with van der Waals surface area (Å²) in [6.07, 6.45) is 2.72. The van der Waals surface area contributed by atoms with Gasteiger partial charge in [-0.2, -0.15) is 0 Å². The molecule has 0 aliphatic carbocycles. The molecule has 0 saturated carbocycles. The first kappa shape index (κ1) is 14.9. The molecule has 1 atom stereocenters. The molecule has 3 rings (SSSR count). The van der Waals surface area contributed by atoms with Gasteiger partial charge in [0.1, 0.15) is 5.58 Å². The average molecular weight is 307 g/mol. The molecule has 0 spiro atoms. The van der Waals surface area contributed by atoms with Gasteiger partial charge in [0.05, 0.1) is 0 Å². The number of fused-ring (bicyclic) bond motifs is 1. The Kier molecular flexibility index (Phi) is 4.84. The first-order chi connectivity index (χ1) is 10.2. The van der Waals surface area contributed by atoms with Gasteiger partial charge in [-0.05, 0) is 56.1 Å². The van der Waals surface area contributed by atoms with E-state index in [0.717, 1.165) is 29.6 Å². The molecule has 0 radical (unpaired) electrons. The molecule has 2 aromatic rings. The van der Waals surface area contributed by atoms with Crippen LogP contribution in [0.2, 0.25) is 5.22 Å². The van der Waals surface area contributed by atoms with Crippen LogP contribution in [0.5, 0.6) is 0 Å². The molecule has 1 unspecified atom stereocenters. The summed E-state index contributed by atoms with van der Waals surface area (Å²) in [6.45, 7) is 7.80. The van der Waals surface area contributed by atoms with Crippen molar-refractivity contribution >= 4 is 22.6 Å². The number of nitrogens with zero attached hydrogens (tertiary/aromatic N) is 1. The minimum absolute atomic E-state index is 0.510. The van der Waals surface area contributed by atoms with Gasteiger partial charge in [-0.3, -0.25) is 0 Å². The molecule has 1 aromatic carbocycles. The smallest absolute Gasteiger partial charge is 0.199 e. The molecule has 1 fully saturated rings. The summed E-state index contributed by atoms with van der Waals surface area (Å²) in [6, 6.07) is 8.02. The molecule has 2 heterocycles. The van der Waals surface area contributed by atoms with E-state index in [-0.39, 0.29) is 0 Å². The largest absolute Gasteiger partial charge is 0.444 e. The van der Waals surface area contributed by atoms with Crippen LogP contribution in [0, 0.1) is 5.92 Å². The number of furan rings is 1. The highest BCUT2D eigenvalue weighted by atomic mass is 35.5. The third kappa shape index (κ3) is 3.60. The van der Waals surface area contributed by atoms with E-state index >= 15 is 0 Å². The SMILES string of the molecule is CC(CNCc1c(Cl)oc2ccccc12)CN1CCCC1. The van der Waals surface area contributed by atoms with Crippen LogP contribution in [-0.4, -0.2) is 31.1 Å². The fraction of sp³-hybridized carbons (Fsp3) is 0.529. The van der Waals surface area contributed by atoms with Crippen LogP contribution >= 0.6 is 11.6 Å². The molecular formula is C17H23ClN2O. The monoisotopic (exact) mass is 306 g/mol. The van der Waals surface area contributed by atoms with Gasteiger partial charge in [-0.1, -0.05) is 25.1 Å². The van der Waals surface area contributed by atoms with Crippen LogP contribution in [-0.2, 0) is 6.54 Å². The normalized spacial score (nSPS) is 17.6. The van der Waals surface area contributed by atoms with Crippen molar-refractivity contribution < 1.29 is 4.42 Å². The van der Waals surface area contributed by atoms with E-state index in [2.05, 4.69) is 23.2 Å². The zero-order valence-corrected chi connectivity index (χ0v) is 13.3. The summed E-state index contributed by atoms with van der Waals surface area (Å²) >= 11 is 6.21. The molecular weight excluding hydrogens is 284 g/mol. The van der Waals surface area contributed by atoms with Gasteiger partial charge in [0.25, 0.3) is 0 Å². The predicted molar refractivity (Wildman–Crippen MR) is 87.8 cm³/mol. The lowest BCUT2D eigenvalue weighted by molar-refractivity contribution is 0.282. The number of likely N-dealkylation sites (tertiary alicyclic amines) is 1. The third-order valence-corrected chi connectivity index (χ3v) is 4.52. The first-order valence-electron chi connectivity index (χ1n) is 7.83. The second-order valence-corrected chi connectivity index (χ2v) is 6.44. The maximum atomic E-state index is 6.21. The van der Waals surface area contributed by atoms with E-state index in [4.69, 9.17) is 16.0 Å². The van der Waals surface area contributed by atoms with Crippen LogP contribution in [0.25, 0.3) is 11.0 Å². The lowest BCUT2D eigenvalue weighted by Gasteiger charge is -2.20. The van der Waals surface area contributed by atoms with Gasteiger partial charge >= 0.3 is 0 Å². The minimum atomic E-state index is 0.510. The minimum Gasteiger partial charge on any atom is -0.444 e. The summed E-state index contributed by atoms with van der Waals surface area (Å²) in [5.74, 6) is 0.653. The lowest BCUT2D eigenvalue weighted by atomic mass is 10.1. The van der Waals surface area contributed by atoms with Crippen molar-refractivity contribution in [2.75, 3.05) is 26.2 Å². The summed E-state index contributed by atoms with van der Waals surface area (Å²) in [5.41, 5.74) is 1.94. The van der Waals surface area contributed by atoms with Gasteiger partial charge < -0.3 is 14.6 Å². The van der Waals surface area contributed by atoms with Crippen molar-refractivity contribution in [3.8, 4) is 0 Å². The topological polar surface area (TPSA) is 28.4 Å². The molecule has 0 amide bonds. The van der Waals surface area contributed by atoms with Crippen molar-refractivity contribution in [3.05, 3.63) is 35.0 Å². The van der Waals surface area contributed by atoms with Crippen molar-refractivity contribution in [2.24, 2.45) is 5.92 Å². The molecule has 1 aliphatic heterocycles. The highest BCUT2D eigenvalue weighted by molar-refractivity contribution is 6.30. The highest BCUT2D eigenvalue weighted by Crippen LogP contribution is 2.29. The van der Waals surface area contributed by atoms with Crippen LogP contribution in [0.4, 0.5) is 0 Å². The van der Waals surface area contributed by atoms with Crippen molar-refractivity contribution in [1.82, 2.24) is 10.2 Å². The Balaban J connectivity index is 1.53. The quantitative estimate of drug-likeness (QED) is 0.877. The summed E-state index contributed by atoms with van der Waals surface area (Å²) < 4.78 is 5.58. The number of halogens is 1. The number of benzene rings is 1. The van der Waals surface area contributed by atoms with E-state index in [0.29, 0.717) is 11.1 Å². The molecule has 3 nitrogen and oxygen atoms in total. The second-order valence-electron chi connectivity index (χ2n) is 6.09. The average Bonchev–Trinajstić information content (AvgIpc) is 3.07. The molecule has 1 aliphatic rings. The molecule has 0 bridgehead atoms. The van der Waals surface area contributed by atoms with E-state index < -0.39 is 0 Å². The Labute approximate surface area is 131 Å². The zero-order chi connectivity index (χ0) is 14.7. The molecule has 1 N–H and O–H groups in total. The van der Waals surface area contributed by atoms with Gasteiger partial charge in [0.2, 0.25) is 0 Å². The van der Waals surface area contributed by atoms with Gasteiger partial charge in [-0.25, -0.2) is 0 Å². The number of hydrogen-bond acceptors (Lipinski definition) is 3. The summed E-state index contributed by atoms with van der Waals surface area (Å²) in [5, 5.41) is 5.15. The van der Waals surface area contributed by atoms with Gasteiger partial charge in [0.15, 0.2) is 5.22 Å². The van der Waals surface area contributed by atoms with E-state index in [9.17, 15) is 0 Å². The first-order valence-corrected chi connectivity index (χ1v) is 8.21. The van der Waals surface area contributed by atoms with Crippen LogP contribution < -0.4 is 5.32 Å². The molecule has 21 heavy (non-hydrogen) atoms. The number of rotatable bonds is 6. The highest BCUT2D eigenvalue weighted by Gasteiger charge is 2.15. The maximum Gasteiger partial charge on any atom is 0.199 e. The Hall–Kier alpha value is -1.03. The number of hydrogen-bond donors (Lipinski definition) is 1. The van der Waals surface area contributed by atoms with Gasteiger partial charge in [-0.15, -0.1) is 0 Å². The Morgan fingerprint density at radius 1 is 1.29 bits per heavy atom. The fourth-order valence-corrected chi connectivity index (χ4v) is 3.40. The molecule has 114 valence electrons. The fourth-order valence-electron chi connectivity index (χ4n) is 3.15. The second kappa shape index (κ2) is 6.82. The van der Waals surface area contributed by atoms with Crippen molar-refractivity contribution in [1.29, 1.82) is 0 Å².